The largest absolute Gasteiger partial charge is 0.261 e. The molecule has 0 saturated heterocycles. The van der Waals surface area contributed by atoms with Crippen molar-refractivity contribution < 1.29 is 0 Å². The number of fused-ring (bicyclic) bond motifs is 1. The molecule has 0 aliphatic carbocycles. The standard InChI is InChI=1S/C11H12BrClN2/c1-7(2)15-9-5-3-4-8(6-12)10(9)11(13)14-15/h3-5,7H,6H2,1-2H3. The Bertz CT molecular complexity index is 491. The summed E-state index contributed by atoms with van der Waals surface area (Å²) in [5.74, 6) is 0. The van der Waals surface area contributed by atoms with Crippen LogP contribution in [-0.2, 0) is 5.33 Å². The van der Waals surface area contributed by atoms with Crippen LogP contribution < -0.4 is 0 Å². The topological polar surface area (TPSA) is 17.8 Å². The lowest BCUT2D eigenvalue weighted by atomic mass is 10.1. The zero-order chi connectivity index (χ0) is 11.0. The van der Waals surface area contributed by atoms with Gasteiger partial charge in [-0.25, -0.2) is 0 Å². The van der Waals surface area contributed by atoms with E-state index in [1.807, 2.05) is 10.7 Å². The van der Waals surface area contributed by atoms with Crippen molar-refractivity contribution in [2.75, 3.05) is 0 Å². The Kier molecular flexibility index (Phi) is 3.03. The first kappa shape index (κ1) is 11.0. The minimum Gasteiger partial charge on any atom is -0.261 e. The van der Waals surface area contributed by atoms with Gasteiger partial charge < -0.3 is 0 Å². The first-order valence-corrected chi connectivity index (χ1v) is 6.36. The van der Waals surface area contributed by atoms with Crippen molar-refractivity contribution >= 4 is 38.4 Å². The minimum absolute atomic E-state index is 0.325. The number of aromatic nitrogens is 2. The first-order valence-electron chi connectivity index (χ1n) is 4.86. The number of rotatable bonds is 2. The fourth-order valence-electron chi connectivity index (χ4n) is 1.72. The normalized spacial score (nSPS) is 11.5. The maximum atomic E-state index is 6.15. The molecule has 4 heteroatoms. The molecule has 0 unspecified atom stereocenters. The van der Waals surface area contributed by atoms with E-state index in [0.717, 1.165) is 16.2 Å². The summed E-state index contributed by atoms with van der Waals surface area (Å²) >= 11 is 9.62. The first-order chi connectivity index (χ1) is 7.15. The summed E-state index contributed by atoms with van der Waals surface area (Å²) in [6.07, 6.45) is 0. The van der Waals surface area contributed by atoms with Crippen molar-refractivity contribution in [3.05, 3.63) is 28.9 Å². The predicted octanol–water partition coefficient (Wildman–Crippen LogP) is 4.17. The Balaban J connectivity index is 2.79. The molecule has 0 saturated carbocycles. The molecule has 1 heterocycles. The third-order valence-electron chi connectivity index (χ3n) is 2.41. The van der Waals surface area contributed by atoms with E-state index in [4.69, 9.17) is 11.6 Å². The molecule has 0 fully saturated rings. The van der Waals surface area contributed by atoms with Gasteiger partial charge in [-0.2, -0.15) is 5.10 Å². The number of nitrogens with zero attached hydrogens (tertiary/aromatic N) is 2. The summed E-state index contributed by atoms with van der Waals surface area (Å²) in [6.45, 7) is 4.20. The van der Waals surface area contributed by atoms with E-state index < -0.39 is 0 Å². The van der Waals surface area contributed by atoms with Gasteiger partial charge in [0.25, 0.3) is 0 Å². The van der Waals surface area contributed by atoms with E-state index in [1.165, 1.54) is 5.56 Å². The SMILES string of the molecule is CC(C)n1nc(Cl)c2c(CBr)cccc21. The fourth-order valence-corrected chi connectivity index (χ4v) is 2.49. The Labute approximate surface area is 102 Å². The van der Waals surface area contributed by atoms with Crippen LogP contribution in [0.4, 0.5) is 0 Å². The van der Waals surface area contributed by atoms with E-state index in [1.54, 1.807) is 0 Å². The highest BCUT2D eigenvalue weighted by Gasteiger charge is 2.13. The molecule has 2 nitrogen and oxygen atoms in total. The molecule has 0 bridgehead atoms. The molecule has 0 amide bonds. The van der Waals surface area contributed by atoms with E-state index in [-0.39, 0.29) is 0 Å². The lowest BCUT2D eigenvalue weighted by molar-refractivity contribution is 0.551. The average Bonchev–Trinajstić information content (AvgIpc) is 2.56. The summed E-state index contributed by atoms with van der Waals surface area (Å²) < 4.78 is 1.96. The Morgan fingerprint density at radius 2 is 2.20 bits per heavy atom. The maximum absolute atomic E-state index is 6.15. The summed E-state index contributed by atoms with van der Waals surface area (Å²) in [5, 5.41) is 6.81. The van der Waals surface area contributed by atoms with Gasteiger partial charge in [0.05, 0.1) is 5.52 Å². The van der Waals surface area contributed by atoms with Gasteiger partial charge in [-0.1, -0.05) is 39.7 Å². The van der Waals surface area contributed by atoms with Crippen LogP contribution in [0.5, 0.6) is 0 Å². The summed E-state index contributed by atoms with van der Waals surface area (Å²) in [4.78, 5) is 0. The number of halogens is 2. The van der Waals surface area contributed by atoms with E-state index in [0.29, 0.717) is 11.2 Å². The second kappa shape index (κ2) is 4.14. The Morgan fingerprint density at radius 1 is 1.47 bits per heavy atom. The Hall–Kier alpha value is -0.540. The van der Waals surface area contributed by atoms with Crippen LogP contribution >= 0.6 is 27.5 Å². The van der Waals surface area contributed by atoms with Crippen LogP contribution in [0.1, 0.15) is 25.5 Å². The zero-order valence-electron chi connectivity index (χ0n) is 8.67. The average molecular weight is 288 g/mol. The van der Waals surface area contributed by atoms with E-state index >= 15 is 0 Å². The van der Waals surface area contributed by atoms with E-state index in [2.05, 4.69) is 47.0 Å². The second-order valence-electron chi connectivity index (χ2n) is 3.77. The Morgan fingerprint density at radius 3 is 2.80 bits per heavy atom. The number of hydrogen-bond acceptors (Lipinski definition) is 1. The van der Waals surface area contributed by atoms with Crippen molar-refractivity contribution in [1.29, 1.82) is 0 Å². The third kappa shape index (κ3) is 1.79. The molecule has 80 valence electrons. The molecule has 0 radical (unpaired) electrons. The highest BCUT2D eigenvalue weighted by atomic mass is 79.9. The van der Waals surface area contributed by atoms with Crippen LogP contribution in [0.3, 0.4) is 0 Å². The van der Waals surface area contributed by atoms with Crippen LogP contribution in [-0.4, -0.2) is 9.78 Å². The summed E-state index contributed by atoms with van der Waals surface area (Å²) in [5.41, 5.74) is 2.29. The molecular weight excluding hydrogens is 275 g/mol. The van der Waals surface area contributed by atoms with Gasteiger partial charge in [0.1, 0.15) is 0 Å². The van der Waals surface area contributed by atoms with Crippen molar-refractivity contribution in [1.82, 2.24) is 9.78 Å². The molecule has 2 rings (SSSR count). The lowest BCUT2D eigenvalue weighted by Crippen LogP contribution is -2.01. The van der Waals surface area contributed by atoms with Gasteiger partial charge in [0, 0.05) is 16.8 Å². The summed E-state index contributed by atoms with van der Waals surface area (Å²) in [7, 11) is 0. The van der Waals surface area contributed by atoms with Gasteiger partial charge >= 0.3 is 0 Å². The maximum Gasteiger partial charge on any atom is 0.159 e. The molecule has 2 aromatic rings. The van der Waals surface area contributed by atoms with Crippen molar-refractivity contribution in [2.24, 2.45) is 0 Å². The number of alkyl halides is 1. The number of hydrogen-bond donors (Lipinski definition) is 0. The van der Waals surface area contributed by atoms with Gasteiger partial charge in [0.2, 0.25) is 0 Å². The quantitative estimate of drug-likeness (QED) is 0.758. The predicted molar refractivity (Wildman–Crippen MR) is 67.8 cm³/mol. The van der Waals surface area contributed by atoms with Gasteiger partial charge in [-0.15, -0.1) is 0 Å². The third-order valence-corrected chi connectivity index (χ3v) is 3.28. The van der Waals surface area contributed by atoms with Crippen LogP contribution in [0, 0.1) is 0 Å². The van der Waals surface area contributed by atoms with Gasteiger partial charge in [-0.05, 0) is 25.5 Å². The highest BCUT2D eigenvalue weighted by Crippen LogP contribution is 2.29. The van der Waals surface area contributed by atoms with Crippen LogP contribution in [0.25, 0.3) is 10.9 Å². The van der Waals surface area contributed by atoms with Crippen molar-refractivity contribution in [2.45, 2.75) is 25.2 Å². The molecule has 0 aliphatic heterocycles. The smallest absolute Gasteiger partial charge is 0.159 e. The zero-order valence-corrected chi connectivity index (χ0v) is 11.0. The van der Waals surface area contributed by atoms with E-state index in [9.17, 15) is 0 Å². The highest BCUT2D eigenvalue weighted by molar-refractivity contribution is 9.08. The fraction of sp³-hybridized carbons (Fsp3) is 0.364. The molecule has 0 spiro atoms. The van der Waals surface area contributed by atoms with Gasteiger partial charge in [0.15, 0.2) is 5.15 Å². The molecule has 1 aromatic carbocycles. The summed E-state index contributed by atoms with van der Waals surface area (Å²) in [6, 6.07) is 6.48. The molecule has 1 aromatic heterocycles. The molecule has 0 N–H and O–H groups in total. The molecule has 15 heavy (non-hydrogen) atoms. The monoisotopic (exact) mass is 286 g/mol. The number of benzene rings is 1. The van der Waals surface area contributed by atoms with Crippen molar-refractivity contribution in [3.8, 4) is 0 Å². The molecule has 0 atom stereocenters. The molecular formula is C11H12BrClN2. The van der Waals surface area contributed by atoms with Crippen molar-refractivity contribution in [3.63, 3.8) is 0 Å². The van der Waals surface area contributed by atoms with Gasteiger partial charge in [-0.3, -0.25) is 4.68 Å². The molecule has 0 aliphatic rings. The lowest BCUT2D eigenvalue weighted by Gasteiger charge is -2.06. The van der Waals surface area contributed by atoms with Crippen LogP contribution in [0.2, 0.25) is 5.15 Å². The van der Waals surface area contributed by atoms with Crippen LogP contribution in [0.15, 0.2) is 18.2 Å². The second-order valence-corrected chi connectivity index (χ2v) is 4.69. The minimum atomic E-state index is 0.325.